The summed E-state index contributed by atoms with van der Waals surface area (Å²) in [5, 5.41) is 2.72. The minimum absolute atomic E-state index is 0.0104. The number of carbonyl (C=O) groups is 2. The number of nitrogens with zero attached hydrogens (tertiary/aromatic N) is 1. The van der Waals surface area contributed by atoms with Crippen LogP contribution in [0.25, 0.3) is 0 Å². The van der Waals surface area contributed by atoms with Crippen LogP contribution < -0.4 is 5.32 Å². The zero-order valence-electron chi connectivity index (χ0n) is 10.7. The summed E-state index contributed by atoms with van der Waals surface area (Å²) in [6, 6.07) is 0.136. The molecule has 2 atom stereocenters. The highest BCUT2D eigenvalue weighted by atomic mass is 16.5. The van der Waals surface area contributed by atoms with Gasteiger partial charge in [0.05, 0.1) is 12.6 Å². The van der Waals surface area contributed by atoms with Crippen molar-refractivity contribution >= 4 is 11.8 Å². The van der Waals surface area contributed by atoms with Gasteiger partial charge in [0.15, 0.2) is 0 Å². The summed E-state index contributed by atoms with van der Waals surface area (Å²) in [4.78, 5) is 25.6. The van der Waals surface area contributed by atoms with Crippen molar-refractivity contribution in [1.29, 1.82) is 0 Å². The number of piperazine rings is 1. The van der Waals surface area contributed by atoms with E-state index in [2.05, 4.69) is 5.32 Å². The average molecular weight is 240 g/mol. The molecule has 1 N–H and O–H groups in total. The van der Waals surface area contributed by atoms with Gasteiger partial charge in [-0.25, -0.2) is 0 Å². The number of carbonyl (C=O) groups excluding carboxylic acids is 2. The van der Waals surface area contributed by atoms with Crippen molar-refractivity contribution in [3.63, 3.8) is 0 Å². The van der Waals surface area contributed by atoms with Crippen LogP contribution in [0.1, 0.15) is 33.6 Å². The first-order valence-electron chi connectivity index (χ1n) is 6.14. The molecule has 0 aromatic heterocycles. The molecular formula is C12H20N2O3. The lowest BCUT2D eigenvalue weighted by atomic mass is 9.95. The van der Waals surface area contributed by atoms with Crippen LogP contribution in [-0.2, 0) is 14.3 Å². The molecule has 2 rings (SSSR count). The Morgan fingerprint density at radius 3 is 2.76 bits per heavy atom. The van der Waals surface area contributed by atoms with Gasteiger partial charge in [0, 0.05) is 12.6 Å². The highest BCUT2D eigenvalue weighted by Gasteiger charge is 2.42. The molecule has 2 amide bonds. The molecular weight excluding hydrogens is 220 g/mol. The van der Waals surface area contributed by atoms with Crippen molar-refractivity contribution in [3.05, 3.63) is 0 Å². The second-order valence-corrected chi connectivity index (χ2v) is 5.47. The van der Waals surface area contributed by atoms with Crippen molar-refractivity contribution in [1.82, 2.24) is 10.2 Å². The van der Waals surface area contributed by atoms with E-state index < -0.39 is 5.54 Å². The lowest BCUT2D eigenvalue weighted by molar-refractivity contribution is -0.153. The van der Waals surface area contributed by atoms with E-state index in [4.69, 9.17) is 4.74 Å². The quantitative estimate of drug-likeness (QED) is 0.716. The van der Waals surface area contributed by atoms with E-state index in [-0.39, 0.29) is 30.5 Å². The Morgan fingerprint density at radius 2 is 2.12 bits per heavy atom. The van der Waals surface area contributed by atoms with Gasteiger partial charge in [-0.05, 0) is 33.6 Å². The molecule has 2 aliphatic rings. The summed E-state index contributed by atoms with van der Waals surface area (Å²) in [6.45, 7) is 6.35. The second-order valence-electron chi connectivity index (χ2n) is 5.47. The van der Waals surface area contributed by atoms with E-state index in [1.165, 1.54) is 0 Å². The van der Waals surface area contributed by atoms with Gasteiger partial charge in [-0.3, -0.25) is 9.59 Å². The highest BCUT2D eigenvalue weighted by Crippen LogP contribution is 2.23. The molecule has 0 aromatic rings. The van der Waals surface area contributed by atoms with Crippen LogP contribution in [0.4, 0.5) is 0 Å². The number of nitrogens with one attached hydrogen (secondary N) is 1. The first kappa shape index (κ1) is 12.4. The topological polar surface area (TPSA) is 58.6 Å². The van der Waals surface area contributed by atoms with Crippen molar-refractivity contribution in [3.8, 4) is 0 Å². The molecule has 0 bridgehead atoms. The van der Waals surface area contributed by atoms with E-state index in [1.54, 1.807) is 18.7 Å². The molecule has 2 aliphatic heterocycles. The van der Waals surface area contributed by atoms with Crippen molar-refractivity contribution in [2.45, 2.75) is 51.3 Å². The third-order valence-electron chi connectivity index (χ3n) is 3.46. The van der Waals surface area contributed by atoms with Crippen molar-refractivity contribution < 1.29 is 14.3 Å². The standard InChI is InChI=1S/C12H20N2O3/c1-8-6-9(4-5-17-8)14-7-10(15)13-12(2,3)11(14)16/h8-9H,4-7H2,1-3H3,(H,13,15). The SMILES string of the molecule is CC1CC(N2CC(=O)NC(C)(C)C2=O)CCO1. The van der Waals surface area contributed by atoms with Crippen LogP contribution in [0.3, 0.4) is 0 Å². The van der Waals surface area contributed by atoms with Gasteiger partial charge >= 0.3 is 0 Å². The Balaban J connectivity index is 2.13. The number of hydrogen-bond acceptors (Lipinski definition) is 3. The van der Waals surface area contributed by atoms with E-state index in [1.807, 2.05) is 6.92 Å². The largest absolute Gasteiger partial charge is 0.378 e. The highest BCUT2D eigenvalue weighted by molar-refractivity contribution is 5.97. The first-order valence-corrected chi connectivity index (χ1v) is 6.14. The lowest BCUT2D eigenvalue weighted by Crippen LogP contribution is -2.66. The summed E-state index contributed by atoms with van der Waals surface area (Å²) in [5.41, 5.74) is -0.781. The van der Waals surface area contributed by atoms with Crippen molar-refractivity contribution in [2.75, 3.05) is 13.2 Å². The molecule has 0 spiro atoms. The number of amides is 2. The molecule has 0 aromatic carbocycles. The molecule has 0 aliphatic carbocycles. The summed E-state index contributed by atoms with van der Waals surface area (Å²) < 4.78 is 5.47. The van der Waals surface area contributed by atoms with Crippen LogP contribution in [0, 0.1) is 0 Å². The minimum Gasteiger partial charge on any atom is -0.378 e. The van der Waals surface area contributed by atoms with Crippen LogP contribution in [0.2, 0.25) is 0 Å². The second kappa shape index (κ2) is 4.29. The third-order valence-corrected chi connectivity index (χ3v) is 3.46. The van der Waals surface area contributed by atoms with E-state index >= 15 is 0 Å². The molecule has 2 fully saturated rings. The number of hydrogen-bond donors (Lipinski definition) is 1. The van der Waals surface area contributed by atoms with Gasteiger partial charge in [0.2, 0.25) is 11.8 Å². The van der Waals surface area contributed by atoms with Gasteiger partial charge < -0.3 is 15.0 Å². The van der Waals surface area contributed by atoms with E-state index in [9.17, 15) is 9.59 Å². The molecule has 5 nitrogen and oxygen atoms in total. The third kappa shape index (κ3) is 2.44. The summed E-state index contributed by atoms with van der Waals surface area (Å²) >= 11 is 0. The Morgan fingerprint density at radius 1 is 1.41 bits per heavy atom. The van der Waals surface area contributed by atoms with E-state index in [0.29, 0.717) is 6.61 Å². The maximum Gasteiger partial charge on any atom is 0.248 e. The fraction of sp³-hybridized carbons (Fsp3) is 0.833. The minimum atomic E-state index is -0.781. The monoisotopic (exact) mass is 240 g/mol. The molecule has 0 radical (unpaired) electrons. The fourth-order valence-corrected chi connectivity index (χ4v) is 2.58. The summed E-state index contributed by atoms with van der Waals surface area (Å²) in [7, 11) is 0. The Kier molecular flexibility index (Phi) is 3.12. The summed E-state index contributed by atoms with van der Waals surface area (Å²) in [6.07, 6.45) is 1.80. The Hall–Kier alpha value is -1.10. The van der Waals surface area contributed by atoms with Crippen molar-refractivity contribution in [2.24, 2.45) is 0 Å². The maximum absolute atomic E-state index is 12.3. The van der Waals surface area contributed by atoms with Gasteiger partial charge in [-0.1, -0.05) is 0 Å². The van der Waals surface area contributed by atoms with Crippen LogP contribution in [0.5, 0.6) is 0 Å². The molecule has 2 saturated heterocycles. The van der Waals surface area contributed by atoms with Gasteiger partial charge in [-0.2, -0.15) is 0 Å². The molecule has 17 heavy (non-hydrogen) atoms. The zero-order valence-corrected chi connectivity index (χ0v) is 10.7. The summed E-state index contributed by atoms with van der Waals surface area (Å²) in [5.74, 6) is -0.0649. The Labute approximate surface area is 101 Å². The van der Waals surface area contributed by atoms with E-state index in [0.717, 1.165) is 12.8 Å². The smallest absolute Gasteiger partial charge is 0.248 e. The molecule has 5 heteroatoms. The molecule has 96 valence electrons. The maximum atomic E-state index is 12.3. The Bertz CT molecular complexity index is 341. The van der Waals surface area contributed by atoms with Crippen LogP contribution in [0.15, 0.2) is 0 Å². The average Bonchev–Trinajstić information content (AvgIpc) is 2.22. The molecule has 2 heterocycles. The number of rotatable bonds is 1. The van der Waals surface area contributed by atoms with Gasteiger partial charge in [0.25, 0.3) is 0 Å². The predicted octanol–water partition coefficient (Wildman–Crippen LogP) is 0.291. The molecule has 0 saturated carbocycles. The van der Waals surface area contributed by atoms with Gasteiger partial charge in [-0.15, -0.1) is 0 Å². The zero-order chi connectivity index (χ0) is 12.6. The fourth-order valence-electron chi connectivity index (χ4n) is 2.58. The van der Waals surface area contributed by atoms with Gasteiger partial charge in [0.1, 0.15) is 5.54 Å². The molecule has 2 unspecified atom stereocenters. The predicted molar refractivity (Wildman–Crippen MR) is 62.4 cm³/mol. The van der Waals surface area contributed by atoms with Crippen LogP contribution >= 0.6 is 0 Å². The first-order chi connectivity index (χ1) is 7.90. The normalized spacial score (nSPS) is 33.5. The lowest BCUT2D eigenvalue weighted by Gasteiger charge is -2.43. The van der Waals surface area contributed by atoms with Crippen LogP contribution in [-0.4, -0.2) is 47.6 Å². The number of ether oxygens (including phenoxy) is 1.